The fraction of sp³-hybridized carbons (Fsp3) is 0.292. The number of H-pyrrole nitrogens is 1. The number of rotatable bonds is 6. The van der Waals surface area contributed by atoms with Gasteiger partial charge in [-0.25, -0.2) is 4.98 Å². The maximum atomic E-state index is 13.0. The first kappa shape index (κ1) is 20.5. The minimum Gasteiger partial charge on any atom is -0.348 e. The van der Waals surface area contributed by atoms with Crippen molar-refractivity contribution in [3.8, 4) is 11.1 Å². The molecule has 5 rings (SSSR count). The number of carbonyl (C=O) groups is 1. The highest BCUT2D eigenvalue weighted by Crippen LogP contribution is 2.25. The van der Waals surface area contributed by atoms with Gasteiger partial charge in [0, 0.05) is 42.1 Å². The number of aromatic nitrogens is 4. The van der Waals surface area contributed by atoms with Crippen LogP contribution in [0.1, 0.15) is 41.0 Å². The van der Waals surface area contributed by atoms with Gasteiger partial charge in [-0.1, -0.05) is 12.1 Å². The van der Waals surface area contributed by atoms with E-state index in [1.54, 1.807) is 17.5 Å². The maximum Gasteiger partial charge on any atom is 0.272 e. The minimum atomic E-state index is -0.124. The van der Waals surface area contributed by atoms with Gasteiger partial charge in [-0.05, 0) is 55.5 Å². The molecule has 0 unspecified atom stereocenters. The fourth-order valence-electron chi connectivity index (χ4n) is 4.10. The summed E-state index contributed by atoms with van der Waals surface area (Å²) in [5.74, 6) is -0.124. The largest absolute Gasteiger partial charge is 0.348 e. The summed E-state index contributed by atoms with van der Waals surface area (Å²) in [6.07, 6.45) is 9.41. The van der Waals surface area contributed by atoms with Crippen molar-refractivity contribution < 1.29 is 4.79 Å². The van der Waals surface area contributed by atoms with Crippen molar-refractivity contribution >= 4 is 28.1 Å². The lowest BCUT2D eigenvalue weighted by molar-refractivity contribution is 0.101. The Hall–Kier alpha value is -3.39. The molecule has 0 bridgehead atoms. The van der Waals surface area contributed by atoms with Crippen LogP contribution in [0.3, 0.4) is 0 Å². The summed E-state index contributed by atoms with van der Waals surface area (Å²) in [7, 11) is 0. The van der Waals surface area contributed by atoms with Crippen molar-refractivity contribution in [2.24, 2.45) is 0 Å². The van der Waals surface area contributed by atoms with Crippen LogP contribution in [-0.4, -0.2) is 38.7 Å². The molecule has 3 aromatic heterocycles. The first-order valence-electron chi connectivity index (χ1n) is 10.9. The van der Waals surface area contributed by atoms with Gasteiger partial charge in [0.15, 0.2) is 5.13 Å². The van der Waals surface area contributed by atoms with Gasteiger partial charge in [0.25, 0.3) is 5.91 Å². The van der Waals surface area contributed by atoms with E-state index >= 15 is 0 Å². The van der Waals surface area contributed by atoms with Crippen molar-refractivity contribution in [1.29, 1.82) is 0 Å². The molecule has 4 heterocycles. The SMILES string of the molecule is Cc1cc(C(=O)Nc2ccc(-c3cn[nH]c3)cc2)n(Cc2csc(N3CCCCC3)n2)c1. The average Bonchev–Trinajstić information content (AvgIpc) is 3.57. The molecule has 0 atom stereocenters. The predicted molar refractivity (Wildman–Crippen MR) is 128 cm³/mol. The lowest BCUT2D eigenvalue weighted by atomic mass is 10.1. The number of aromatic amines is 1. The molecule has 1 fully saturated rings. The van der Waals surface area contributed by atoms with Crippen LogP contribution in [0.25, 0.3) is 11.1 Å². The van der Waals surface area contributed by atoms with Crippen LogP contribution < -0.4 is 10.2 Å². The molecule has 0 aliphatic carbocycles. The van der Waals surface area contributed by atoms with Gasteiger partial charge in [-0.15, -0.1) is 11.3 Å². The van der Waals surface area contributed by atoms with E-state index < -0.39 is 0 Å². The summed E-state index contributed by atoms with van der Waals surface area (Å²) < 4.78 is 1.99. The van der Waals surface area contributed by atoms with Crippen LogP contribution in [0.4, 0.5) is 10.8 Å². The fourth-order valence-corrected chi connectivity index (χ4v) is 4.97. The number of nitrogens with zero attached hydrogens (tertiary/aromatic N) is 4. The lowest BCUT2D eigenvalue weighted by Gasteiger charge is -2.25. The van der Waals surface area contributed by atoms with Crippen molar-refractivity contribution in [2.45, 2.75) is 32.7 Å². The van der Waals surface area contributed by atoms with E-state index in [1.165, 1.54) is 19.3 Å². The second-order valence-electron chi connectivity index (χ2n) is 8.22. The number of anilines is 2. The zero-order chi connectivity index (χ0) is 21.9. The highest BCUT2D eigenvalue weighted by atomic mass is 32.1. The first-order valence-corrected chi connectivity index (χ1v) is 11.8. The third-order valence-corrected chi connectivity index (χ3v) is 6.69. The standard InChI is InChI=1S/C24H26N6OS/c1-17-11-22(23(31)27-20-7-5-18(6-8-20)19-12-25-26-13-19)30(14-17)15-21-16-32-24(28-21)29-9-3-2-4-10-29/h5-8,11-14,16H,2-4,9-10,15H2,1H3,(H,25,26)(H,27,31). The monoisotopic (exact) mass is 446 g/mol. The van der Waals surface area contributed by atoms with Crippen LogP contribution in [0.2, 0.25) is 0 Å². The molecule has 4 aromatic rings. The first-order chi connectivity index (χ1) is 15.7. The Bertz CT molecular complexity index is 1190. The van der Waals surface area contributed by atoms with Crippen LogP contribution in [-0.2, 0) is 6.54 Å². The zero-order valence-corrected chi connectivity index (χ0v) is 18.9. The number of aryl methyl sites for hydroxylation is 1. The Labute approximate surface area is 191 Å². The quantitative estimate of drug-likeness (QED) is 0.440. The van der Waals surface area contributed by atoms with Gasteiger partial charge < -0.3 is 14.8 Å². The molecule has 1 amide bonds. The van der Waals surface area contributed by atoms with Crippen molar-refractivity contribution in [2.75, 3.05) is 23.3 Å². The van der Waals surface area contributed by atoms with E-state index in [4.69, 9.17) is 4.98 Å². The van der Waals surface area contributed by atoms with Gasteiger partial charge >= 0.3 is 0 Å². The number of hydrogen-bond acceptors (Lipinski definition) is 5. The van der Waals surface area contributed by atoms with E-state index in [9.17, 15) is 4.79 Å². The van der Waals surface area contributed by atoms with Crippen molar-refractivity contribution in [3.05, 3.63) is 71.3 Å². The Balaban J connectivity index is 1.29. The molecule has 164 valence electrons. The van der Waals surface area contributed by atoms with E-state index in [0.717, 1.165) is 46.3 Å². The van der Waals surface area contributed by atoms with E-state index in [1.807, 2.05) is 54.2 Å². The van der Waals surface area contributed by atoms with E-state index in [0.29, 0.717) is 12.2 Å². The molecule has 2 N–H and O–H groups in total. The smallest absolute Gasteiger partial charge is 0.272 e. The predicted octanol–water partition coefficient (Wildman–Crippen LogP) is 4.93. The van der Waals surface area contributed by atoms with Crippen LogP contribution in [0.5, 0.6) is 0 Å². The van der Waals surface area contributed by atoms with Crippen molar-refractivity contribution in [3.63, 3.8) is 0 Å². The van der Waals surface area contributed by atoms with Gasteiger partial charge in [0.05, 0.1) is 18.4 Å². The Kier molecular flexibility index (Phi) is 5.77. The Morgan fingerprint density at radius 3 is 2.72 bits per heavy atom. The summed E-state index contributed by atoms with van der Waals surface area (Å²) in [4.78, 5) is 20.2. The van der Waals surface area contributed by atoms with Crippen LogP contribution in [0, 0.1) is 6.92 Å². The van der Waals surface area contributed by atoms with Crippen LogP contribution in [0.15, 0.2) is 54.3 Å². The molecule has 0 radical (unpaired) electrons. The molecular formula is C24H26N6OS. The van der Waals surface area contributed by atoms with Gasteiger partial charge in [-0.3, -0.25) is 9.89 Å². The second-order valence-corrected chi connectivity index (χ2v) is 9.05. The summed E-state index contributed by atoms with van der Waals surface area (Å²) in [6, 6.07) is 9.69. The summed E-state index contributed by atoms with van der Waals surface area (Å²) in [6.45, 7) is 4.76. The second kappa shape index (κ2) is 9.00. The summed E-state index contributed by atoms with van der Waals surface area (Å²) >= 11 is 1.69. The lowest BCUT2D eigenvalue weighted by Crippen LogP contribution is -2.29. The molecule has 0 spiro atoms. The average molecular weight is 447 g/mol. The van der Waals surface area contributed by atoms with Crippen LogP contribution >= 0.6 is 11.3 Å². The number of carbonyl (C=O) groups excluding carboxylic acids is 1. The Morgan fingerprint density at radius 1 is 1.16 bits per heavy atom. The summed E-state index contributed by atoms with van der Waals surface area (Å²) in [5.41, 5.74) is 5.49. The molecule has 8 heteroatoms. The normalized spacial score (nSPS) is 14.0. The molecule has 7 nitrogen and oxygen atoms in total. The summed E-state index contributed by atoms with van der Waals surface area (Å²) in [5, 5.41) is 13.0. The number of hydrogen-bond donors (Lipinski definition) is 2. The molecule has 1 aromatic carbocycles. The van der Waals surface area contributed by atoms with E-state index in [2.05, 4.69) is 25.8 Å². The minimum absolute atomic E-state index is 0.124. The zero-order valence-electron chi connectivity index (χ0n) is 18.0. The number of nitrogens with one attached hydrogen (secondary N) is 2. The molecule has 1 aliphatic rings. The number of piperidine rings is 1. The van der Waals surface area contributed by atoms with Crippen molar-refractivity contribution in [1.82, 2.24) is 19.7 Å². The van der Waals surface area contributed by atoms with Gasteiger partial charge in [-0.2, -0.15) is 5.10 Å². The highest BCUT2D eigenvalue weighted by molar-refractivity contribution is 7.13. The molecule has 0 saturated carbocycles. The molecule has 32 heavy (non-hydrogen) atoms. The van der Waals surface area contributed by atoms with E-state index in [-0.39, 0.29) is 5.91 Å². The molecular weight excluding hydrogens is 420 g/mol. The third-order valence-electron chi connectivity index (χ3n) is 5.74. The third kappa shape index (κ3) is 4.45. The van der Waals surface area contributed by atoms with Gasteiger partial charge in [0.2, 0.25) is 0 Å². The number of thiazole rings is 1. The molecule has 1 aliphatic heterocycles. The Morgan fingerprint density at radius 2 is 1.97 bits per heavy atom. The number of benzene rings is 1. The van der Waals surface area contributed by atoms with Gasteiger partial charge in [0.1, 0.15) is 5.69 Å². The number of amides is 1. The topological polar surface area (TPSA) is 78.8 Å². The molecule has 1 saturated heterocycles. The highest BCUT2D eigenvalue weighted by Gasteiger charge is 2.17. The maximum absolute atomic E-state index is 13.0.